The number of nitrogens with two attached hydrogens (primary N) is 1. The van der Waals surface area contributed by atoms with Crippen LogP contribution in [0.15, 0.2) is 11.4 Å². The van der Waals surface area contributed by atoms with Gasteiger partial charge in [0.25, 0.3) is 5.91 Å². The van der Waals surface area contributed by atoms with Crippen LogP contribution < -0.4 is 11.1 Å². The molecule has 0 aromatic carbocycles. The molecule has 2 aliphatic carbocycles. The summed E-state index contributed by atoms with van der Waals surface area (Å²) < 4.78 is 0. The van der Waals surface area contributed by atoms with Crippen molar-refractivity contribution in [3.8, 4) is 0 Å². The number of carbonyl (C=O) groups excluding carboxylic acids is 2. The second-order valence-corrected chi connectivity index (χ2v) is 6.66. The lowest BCUT2D eigenvalue weighted by atomic mass is 9.79. The molecule has 7 heteroatoms. The normalized spacial score (nSPS) is 30.3. The van der Waals surface area contributed by atoms with Gasteiger partial charge in [-0.05, 0) is 42.5 Å². The van der Waals surface area contributed by atoms with Gasteiger partial charge in [0, 0.05) is 0 Å². The van der Waals surface area contributed by atoms with Gasteiger partial charge in [-0.25, -0.2) is 0 Å². The van der Waals surface area contributed by atoms with Gasteiger partial charge in [0.1, 0.15) is 5.00 Å². The fourth-order valence-corrected chi connectivity index (χ4v) is 4.61. The van der Waals surface area contributed by atoms with Gasteiger partial charge in [-0.15, -0.1) is 11.3 Å². The number of fused-ring (bicyclic) bond motifs is 2. The first-order chi connectivity index (χ1) is 9.99. The van der Waals surface area contributed by atoms with Crippen LogP contribution in [0.25, 0.3) is 0 Å². The Balaban J connectivity index is 1.80. The van der Waals surface area contributed by atoms with E-state index in [2.05, 4.69) is 5.32 Å². The molecule has 6 nitrogen and oxygen atoms in total. The number of carboxylic acid groups (broad SMARTS) is 1. The molecule has 4 N–H and O–H groups in total. The third-order valence-electron chi connectivity index (χ3n) is 4.67. The molecule has 1 aromatic heterocycles. The second-order valence-electron chi connectivity index (χ2n) is 5.74. The molecule has 3 rings (SSSR count). The van der Waals surface area contributed by atoms with Crippen LogP contribution in [0.5, 0.6) is 0 Å². The van der Waals surface area contributed by atoms with Crippen LogP contribution in [0.3, 0.4) is 0 Å². The highest BCUT2D eigenvalue weighted by Crippen LogP contribution is 2.52. The number of amides is 2. The molecule has 4 atom stereocenters. The monoisotopic (exact) mass is 308 g/mol. The first kappa shape index (κ1) is 14.1. The van der Waals surface area contributed by atoms with Crippen LogP contribution in [0, 0.1) is 23.7 Å². The summed E-state index contributed by atoms with van der Waals surface area (Å²) >= 11 is 1.21. The maximum Gasteiger partial charge on any atom is 0.307 e. The van der Waals surface area contributed by atoms with E-state index in [1.165, 1.54) is 11.3 Å². The van der Waals surface area contributed by atoms with Crippen LogP contribution in [0.4, 0.5) is 5.00 Å². The van der Waals surface area contributed by atoms with Crippen molar-refractivity contribution in [1.82, 2.24) is 0 Å². The van der Waals surface area contributed by atoms with E-state index in [0.29, 0.717) is 5.00 Å². The summed E-state index contributed by atoms with van der Waals surface area (Å²) in [6, 6.07) is 1.55. The third kappa shape index (κ3) is 2.31. The van der Waals surface area contributed by atoms with Crippen LogP contribution in [0.2, 0.25) is 0 Å². The predicted octanol–water partition coefficient (Wildman–Crippen LogP) is 1.53. The Morgan fingerprint density at radius 2 is 1.90 bits per heavy atom. The molecule has 2 saturated carbocycles. The van der Waals surface area contributed by atoms with E-state index in [1.807, 2.05) is 0 Å². The Labute approximate surface area is 125 Å². The van der Waals surface area contributed by atoms with Crippen LogP contribution >= 0.6 is 11.3 Å². The lowest BCUT2D eigenvalue weighted by Gasteiger charge is -2.26. The number of hydrogen-bond donors (Lipinski definition) is 3. The molecular weight excluding hydrogens is 292 g/mol. The van der Waals surface area contributed by atoms with Crippen molar-refractivity contribution in [3.05, 3.63) is 17.0 Å². The summed E-state index contributed by atoms with van der Waals surface area (Å²) in [6.07, 6.45) is 2.60. The average molecular weight is 308 g/mol. The first-order valence-corrected chi connectivity index (χ1v) is 7.78. The van der Waals surface area contributed by atoms with Gasteiger partial charge in [-0.1, -0.05) is 0 Å². The average Bonchev–Trinajstić information content (AvgIpc) is 3.11. The Kier molecular flexibility index (Phi) is 3.44. The van der Waals surface area contributed by atoms with Crippen molar-refractivity contribution in [2.24, 2.45) is 29.4 Å². The maximum atomic E-state index is 12.5. The summed E-state index contributed by atoms with van der Waals surface area (Å²) in [5.74, 6) is -2.70. The Morgan fingerprint density at radius 1 is 1.24 bits per heavy atom. The van der Waals surface area contributed by atoms with E-state index in [4.69, 9.17) is 5.73 Å². The number of aliphatic carboxylic acids is 1. The molecule has 2 fully saturated rings. The Bertz CT molecular complexity index is 612. The van der Waals surface area contributed by atoms with Crippen LogP contribution in [-0.2, 0) is 9.59 Å². The van der Waals surface area contributed by atoms with E-state index in [0.717, 1.165) is 19.3 Å². The molecule has 112 valence electrons. The van der Waals surface area contributed by atoms with Crippen molar-refractivity contribution in [1.29, 1.82) is 0 Å². The minimum atomic E-state index is -0.899. The van der Waals surface area contributed by atoms with E-state index in [9.17, 15) is 19.5 Å². The summed E-state index contributed by atoms with van der Waals surface area (Å²) in [5.41, 5.74) is 5.51. The molecule has 2 aliphatic rings. The number of carbonyl (C=O) groups is 3. The van der Waals surface area contributed by atoms with Gasteiger partial charge in [-0.2, -0.15) is 0 Å². The molecule has 0 unspecified atom stereocenters. The Morgan fingerprint density at radius 3 is 2.52 bits per heavy atom. The molecule has 0 saturated heterocycles. The zero-order valence-corrected chi connectivity index (χ0v) is 12.1. The maximum absolute atomic E-state index is 12.5. The lowest BCUT2D eigenvalue weighted by molar-refractivity contribution is -0.148. The predicted molar refractivity (Wildman–Crippen MR) is 76.9 cm³/mol. The minimum Gasteiger partial charge on any atom is -0.481 e. The SMILES string of the molecule is NC(=O)c1ccsc1NC(=O)[C@H]1[C@H]2CC[C@@H](C2)[C@H]1C(=O)O. The quantitative estimate of drug-likeness (QED) is 0.783. The molecule has 0 spiro atoms. The number of thiophene rings is 1. The Hall–Kier alpha value is -1.89. The number of hydrogen-bond acceptors (Lipinski definition) is 4. The molecule has 0 aliphatic heterocycles. The number of primary amides is 1. The number of anilines is 1. The van der Waals surface area contributed by atoms with E-state index in [-0.39, 0.29) is 23.3 Å². The summed E-state index contributed by atoms with van der Waals surface area (Å²) in [7, 11) is 0. The highest BCUT2D eigenvalue weighted by atomic mass is 32.1. The van der Waals surface area contributed by atoms with Crippen molar-refractivity contribution >= 4 is 34.1 Å². The fourth-order valence-electron chi connectivity index (χ4n) is 3.82. The lowest BCUT2D eigenvalue weighted by Crippen LogP contribution is -2.38. The zero-order valence-electron chi connectivity index (χ0n) is 11.2. The van der Waals surface area contributed by atoms with E-state index in [1.54, 1.807) is 11.4 Å². The van der Waals surface area contributed by atoms with Crippen molar-refractivity contribution < 1.29 is 19.5 Å². The summed E-state index contributed by atoms with van der Waals surface area (Å²) in [4.78, 5) is 35.2. The standard InChI is InChI=1S/C14H16N2O4S/c15-11(17)8-3-4-21-13(8)16-12(18)9-6-1-2-7(5-6)10(9)14(19)20/h3-4,6-7,9-10H,1-2,5H2,(H2,15,17)(H,16,18)(H,19,20)/t6-,7-,9-,10+/m0/s1. The largest absolute Gasteiger partial charge is 0.481 e. The van der Waals surface area contributed by atoms with Gasteiger partial charge in [0.15, 0.2) is 0 Å². The van der Waals surface area contributed by atoms with Gasteiger partial charge in [0.2, 0.25) is 5.91 Å². The molecule has 2 amide bonds. The third-order valence-corrected chi connectivity index (χ3v) is 5.50. The minimum absolute atomic E-state index is 0.0993. The molecule has 2 bridgehead atoms. The van der Waals surface area contributed by atoms with Gasteiger partial charge in [-0.3, -0.25) is 14.4 Å². The smallest absolute Gasteiger partial charge is 0.307 e. The zero-order chi connectivity index (χ0) is 15.1. The van der Waals surface area contributed by atoms with Crippen LogP contribution in [-0.4, -0.2) is 22.9 Å². The van der Waals surface area contributed by atoms with Crippen LogP contribution in [0.1, 0.15) is 29.6 Å². The van der Waals surface area contributed by atoms with Gasteiger partial charge >= 0.3 is 5.97 Å². The molecule has 0 radical (unpaired) electrons. The van der Waals surface area contributed by atoms with E-state index >= 15 is 0 Å². The summed E-state index contributed by atoms with van der Waals surface area (Å²) in [6.45, 7) is 0. The van der Waals surface area contributed by atoms with E-state index < -0.39 is 23.7 Å². The molecule has 1 aromatic rings. The molecule has 21 heavy (non-hydrogen) atoms. The van der Waals surface area contributed by atoms with Gasteiger partial charge < -0.3 is 16.2 Å². The number of nitrogens with one attached hydrogen (secondary N) is 1. The highest BCUT2D eigenvalue weighted by molar-refractivity contribution is 7.14. The summed E-state index contributed by atoms with van der Waals surface area (Å²) in [5, 5.41) is 14.1. The molecular formula is C14H16N2O4S. The molecule has 1 heterocycles. The fraction of sp³-hybridized carbons (Fsp3) is 0.500. The second kappa shape index (κ2) is 5.14. The topological polar surface area (TPSA) is 109 Å². The highest BCUT2D eigenvalue weighted by Gasteiger charge is 2.54. The number of rotatable bonds is 4. The van der Waals surface area contributed by atoms with Crippen molar-refractivity contribution in [2.75, 3.05) is 5.32 Å². The number of carboxylic acids is 1. The van der Waals surface area contributed by atoms with Crippen molar-refractivity contribution in [3.63, 3.8) is 0 Å². The first-order valence-electron chi connectivity index (χ1n) is 6.90. The van der Waals surface area contributed by atoms with Gasteiger partial charge in [0.05, 0.1) is 17.4 Å². The van der Waals surface area contributed by atoms with Crippen molar-refractivity contribution in [2.45, 2.75) is 19.3 Å².